The molecule has 1 aliphatic heterocycles. The average Bonchev–Trinajstić information content (AvgIpc) is 3.18. The number of hydrogen-bond donors (Lipinski definition) is 2. The minimum Gasteiger partial charge on any atom is -0.497 e. The normalized spacial score (nSPS) is 16.4. The molecule has 160 valence electrons. The van der Waals surface area contributed by atoms with Crippen molar-refractivity contribution in [1.82, 2.24) is 24.9 Å². The van der Waals surface area contributed by atoms with E-state index < -0.39 is 6.04 Å². The molecule has 1 atom stereocenters. The fourth-order valence-electron chi connectivity index (χ4n) is 3.93. The van der Waals surface area contributed by atoms with Gasteiger partial charge in [0.2, 0.25) is 11.9 Å². The van der Waals surface area contributed by atoms with Crippen LogP contribution in [-0.2, 0) is 4.79 Å². The van der Waals surface area contributed by atoms with Gasteiger partial charge in [0.05, 0.1) is 29.6 Å². The molecular formula is C23H21N7O2. The van der Waals surface area contributed by atoms with Crippen molar-refractivity contribution in [1.29, 1.82) is 5.26 Å². The second kappa shape index (κ2) is 8.15. The molecule has 0 spiro atoms. The number of rotatable bonds is 4. The highest BCUT2D eigenvalue weighted by Gasteiger charge is 2.24. The van der Waals surface area contributed by atoms with Gasteiger partial charge in [0.1, 0.15) is 11.8 Å². The summed E-state index contributed by atoms with van der Waals surface area (Å²) >= 11 is 0. The van der Waals surface area contributed by atoms with E-state index in [2.05, 4.69) is 21.8 Å². The Morgan fingerprint density at radius 3 is 2.81 bits per heavy atom. The van der Waals surface area contributed by atoms with Crippen LogP contribution in [0.1, 0.15) is 24.8 Å². The molecule has 32 heavy (non-hydrogen) atoms. The topological polar surface area (TPSA) is 117 Å². The highest BCUT2D eigenvalue weighted by atomic mass is 16.5. The van der Waals surface area contributed by atoms with Crippen LogP contribution >= 0.6 is 0 Å². The van der Waals surface area contributed by atoms with E-state index in [9.17, 15) is 10.1 Å². The lowest BCUT2D eigenvalue weighted by atomic mass is 10.1. The molecule has 4 aromatic rings. The predicted molar refractivity (Wildman–Crippen MR) is 119 cm³/mol. The van der Waals surface area contributed by atoms with Crippen LogP contribution in [0.25, 0.3) is 27.9 Å². The Morgan fingerprint density at radius 1 is 1.19 bits per heavy atom. The van der Waals surface area contributed by atoms with Gasteiger partial charge in [0, 0.05) is 12.1 Å². The monoisotopic (exact) mass is 427 g/mol. The van der Waals surface area contributed by atoms with Gasteiger partial charge >= 0.3 is 0 Å². The highest BCUT2D eigenvalue weighted by molar-refractivity contribution is 5.97. The second-order valence-electron chi connectivity index (χ2n) is 7.63. The van der Waals surface area contributed by atoms with Crippen LogP contribution in [0.4, 0.5) is 5.95 Å². The van der Waals surface area contributed by atoms with Crippen LogP contribution in [0.15, 0.2) is 42.5 Å². The second-order valence-corrected chi connectivity index (χ2v) is 7.63. The fraction of sp³-hybridized carbons (Fsp3) is 0.261. The summed E-state index contributed by atoms with van der Waals surface area (Å²) in [6, 6.07) is 14.6. The van der Waals surface area contributed by atoms with Crippen LogP contribution in [0.2, 0.25) is 0 Å². The van der Waals surface area contributed by atoms with Crippen molar-refractivity contribution in [2.24, 2.45) is 0 Å². The van der Waals surface area contributed by atoms with Crippen LogP contribution in [-0.4, -0.2) is 45.2 Å². The van der Waals surface area contributed by atoms with E-state index in [0.29, 0.717) is 46.9 Å². The standard InChI is InChI=1S/C23H21N7O2/c1-32-16-10-8-14(9-11-16)20-28-21-19-15(13-24)5-4-7-17(19)26-23(30(21)29-20)27-18-6-2-3-12-25-22(18)31/h4-5,7-11,18H,2-3,6,12H2,1H3,(H,25,31)(H,26,27)/t18-/m1/s1. The first-order chi connectivity index (χ1) is 15.7. The summed E-state index contributed by atoms with van der Waals surface area (Å²) in [6.07, 6.45) is 2.58. The van der Waals surface area contributed by atoms with E-state index in [0.717, 1.165) is 24.2 Å². The van der Waals surface area contributed by atoms with E-state index in [4.69, 9.17) is 14.7 Å². The first-order valence-electron chi connectivity index (χ1n) is 10.5. The molecule has 5 rings (SSSR count). The number of fused-ring (bicyclic) bond motifs is 3. The van der Waals surface area contributed by atoms with Crippen LogP contribution < -0.4 is 15.4 Å². The highest BCUT2D eigenvalue weighted by Crippen LogP contribution is 2.28. The first kappa shape index (κ1) is 19.8. The largest absolute Gasteiger partial charge is 0.497 e. The molecule has 0 aliphatic carbocycles. The van der Waals surface area contributed by atoms with Gasteiger partial charge in [-0.3, -0.25) is 4.79 Å². The smallest absolute Gasteiger partial charge is 0.242 e. The lowest BCUT2D eigenvalue weighted by Gasteiger charge is -2.16. The van der Waals surface area contributed by atoms with Gasteiger partial charge in [-0.05, 0) is 55.7 Å². The maximum atomic E-state index is 12.5. The number of ether oxygens (including phenoxy) is 1. The SMILES string of the molecule is COc1ccc(-c2nc3c4c(C#N)cccc4nc(N[C@@H]4CCCCNC4=O)n3n2)cc1. The number of nitrogens with one attached hydrogen (secondary N) is 2. The number of nitrogens with zero attached hydrogens (tertiary/aromatic N) is 5. The van der Waals surface area contributed by atoms with E-state index in [1.165, 1.54) is 0 Å². The number of nitriles is 1. The molecule has 2 aromatic carbocycles. The Balaban J connectivity index is 1.69. The molecule has 0 saturated carbocycles. The molecule has 0 unspecified atom stereocenters. The minimum absolute atomic E-state index is 0.0567. The molecule has 9 nitrogen and oxygen atoms in total. The van der Waals surface area contributed by atoms with Crippen molar-refractivity contribution >= 4 is 28.4 Å². The third-order valence-corrected chi connectivity index (χ3v) is 5.61. The van der Waals surface area contributed by atoms with Gasteiger partial charge in [-0.15, -0.1) is 5.10 Å². The van der Waals surface area contributed by atoms with Gasteiger partial charge in [-0.2, -0.15) is 9.78 Å². The fourth-order valence-corrected chi connectivity index (χ4v) is 3.93. The summed E-state index contributed by atoms with van der Waals surface area (Å²) in [6.45, 7) is 0.675. The predicted octanol–water partition coefficient (Wildman–Crippen LogP) is 2.91. The van der Waals surface area contributed by atoms with Crippen LogP contribution in [0, 0.1) is 11.3 Å². The maximum absolute atomic E-state index is 12.5. The number of methoxy groups -OCH3 is 1. The zero-order valence-corrected chi connectivity index (χ0v) is 17.5. The minimum atomic E-state index is -0.418. The molecule has 0 radical (unpaired) electrons. The van der Waals surface area contributed by atoms with Gasteiger partial charge in [-0.1, -0.05) is 6.07 Å². The quantitative estimate of drug-likeness (QED) is 0.514. The van der Waals surface area contributed by atoms with E-state index >= 15 is 0 Å². The Morgan fingerprint density at radius 2 is 2.03 bits per heavy atom. The molecule has 9 heteroatoms. The van der Waals surface area contributed by atoms with E-state index in [1.54, 1.807) is 23.8 Å². The van der Waals surface area contributed by atoms with Gasteiger partial charge < -0.3 is 15.4 Å². The number of carbonyl (C=O) groups excluding carboxylic acids is 1. The molecule has 0 bridgehead atoms. The van der Waals surface area contributed by atoms with Crippen molar-refractivity contribution in [2.75, 3.05) is 19.0 Å². The molecule has 1 saturated heterocycles. The van der Waals surface area contributed by atoms with E-state index in [1.807, 2.05) is 30.3 Å². The van der Waals surface area contributed by atoms with Crippen molar-refractivity contribution in [3.63, 3.8) is 0 Å². The van der Waals surface area contributed by atoms with Crippen molar-refractivity contribution in [3.05, 3.63) is 48.0 Å². The molecule has 3 heterocycles. The Hall–Kier alpha value is -4.19. The lowest BCUT2D eigenvalue weighted by Crippen LogP contribution is -2.38. The molecule has 1 aliphatic rings. The summed E-state index contributed by atoms with van der Waals surface area (Å²) in [5.41, 5.74) is 2.39. The molecule has 1 fully saturated rings. The Bertz CT molecular complexity index is 1360. The third-order valence-electron chi connectivity index (χ3n) is 5.61. The first-order valence-corrected chi connectivity index (χ1v) is 10.5. The third kappa shape index (κ3) is 3.46. The Kier molecular flexibility index (Phi) is 5.03. The van der Waals surface area contributed by atoms with E-state index in [-0.39, 0.29) is 5.91 Å². The zero-order valence-electron chi connectivity index (χ0n) is 17.5. The summed E-state index contributed by atoms with van der Waals surface area (Å²) < 4.78 is 6.82. The summed E-state index contributed by atoms with van der Waals surface area (Å²) in [5.74, 6) is 1.58. The number of aromatic nitrogens is 4. The van der Waals surface area contributed by atoms with Crippen molar-refractivity contribution in [3.8, 4) is 23.2 Å². The van der Waals surface area contributed by atoms with Gasteiger partial charge in [0.15, 0.2) is 11.5 Å². The molecule has 2 aromatic heterocycles. The maximum Gasteiger partial charge on any atom is 0.242 e. The zero-order chi connectivity index (χ0) is 22.1. The number of hydrogen-bond acceptors (Lipinski definition) is 7. The number of anilines is 1. The molecule has 2 N–H and O–H groups in total. The summed E-state index contributed by atoms with van der Waals surface area (Å²) in [4.78, 5) is 22.0. The van der Waals surface area contributed by atoms with Gasteiger partial charge in [0.25, 0.3) is 0 Å². The van der Waals surface area contributed by atoms with Crippen LogP contribution in [0.3, 0.4) is 0 Å². The lowest BCUT2D eigenvalue weighted by molar-refractivity contribution is -0.121. The number of carbonyl (C=O) groups is 1. The molecule has 1 amide bonds. The van der Waals surface area contributed by atoms with Crippen LogP contribution in [0.5, 0.6) is 5.75 Å². The number of amides is 1. The summed E-state index contributed by atoms with van der Waals surface area (Å²) in [7, 11) is 1.61. The summed E-state index contributed by atoms with van der Waals surface area (Å²) in [5, 5.41) is 21.1. The Labute approximate surface area is 184 Å². The van der Waals surface area contributed by atoms with Crippen molar-refractivity contribution < 1.29 is 9.53 Å². The van der Waals surface area contributed by atoms with Gasteiger partial charge in [-0.25, -0.2) is 9.97 Å². The van der Waals surface area contributed by atoms with Crippen molar-refractivity contribution in [2.45, 2.75) is 25.3 Å². The molecular weight excluding hydrogens is 406 g/mol. The average molecular weight is 427 g/mol. The number of benzene rings is 2.